The monoisotopic (exact) mass is 340 g/mol. The van der Waals surface area contributed by atoms with Gasteiger partial charge in [0.1, 0.15) is 0 Å². The molecule has 5 heteroatoms. The van der Waals surface area contributed by atoms with E-state index in [1.54, 1.807) is 18.3 Å². The maximum absolute atomic E-state index is 11.2. The number of rotatable bonds is 2. The molecule has 0 saturated carbocycles. The fraction of sp³-hybridized carbons (Fsp3) is 0. The summed E-state index contributed by atoms with van der Waals surface area (Å²) in [6, 6.07) is 15.2. The van der Waals surface area contributed by atoms with Crippen molar-refractivity contribution < 1.29 is 4.79 Å². The molecule has 0 N–H and O–H groups in total. The maximum Gasteiger partial charge on any atom is 0.151 e. The molecule has 0 amide bonds. The van der Waals surface area contributed by atoms with Crippen molar-refractivity contribution in [2.75, 3.05) is 0 Å². The van der Waals surface area contributed by atoms with Crippen molar-refractivity contribution in [1.29, 1.82) is 0 Å². The van der Waals surface area contributed by atoms with Gasteiger partial charge in [-0.05, 0) is 18.2 Å². The van der Waals surface area contributed by atoms with E-state index in [0.717, 1.165) is 34.1 Å². The average molecular weight is 341 g/mol. The summed E-state index contributed by atoms with van der Waals surface area (Å²) in [5.41, 5.74) is 4.73. The van der Waals surface area contributed by atoms with Crippen molar-refractivity contribution in [1.82, 2.24) is 9.38 Å². The second kappa shape index (κ2) is 5.37. The molecule has 4 aromatic rings. The third-order valence-corrected chi connectivity index (χ3v) is 4.50. The quantitative estimate of drug-likeness (QED) is 0.465. The van der Waals surface area contributed by atoms with Gasteiger partial charge in [-0.2, -0.15) is 0 Å². The highest BCUT2D eigenvalue weighted by Crippen LogP contribution is 2.32. The van der Waals surface area contributed by atoms with E-state index < -0.39 is 0 Å². The van der Waals surface area contributed by atoms with Crippen LogP contribution in [-0.4, -0.2) is 15.7 Å². The second-order valence-corrected chi connectivity index (χ2v) is 6.04. The average Bonchev–Trinajstić information content (AvgIpc) is 3.01. The minimum absolute atomic E-state index is 0.452. The minimum atomic E-state index is 0.452. The van der Waals surface area contributed by atoms with Crippen molar-refractivity contribution in [3.8, 4) is 11.3 Å². The number of carbonyl (C=O) groups is 1. The second-order valence-electron chi connectivity index (χ2n) is 5.23. The van der Waals surface area contributed by atoms with Gasteiger partial charge in [-0.25, -0.2) is 4.98 Å². The van der Waals surface area contributed by atoms with Crippen molar-refractivity contribution in [2.24, 2.45) is 0 Å². The van der Waals surface area contributed by atoms with Crippen LogP contribution >= 0.6 is 23.2 Å². The van der Waals surface area contributed by atoms with Gasteiger partial charge in [-0.1, -0.05) is 53.5 Å². The number of benzene rings is 2. The summed E-state index contributed by atoms with van der Waals surface area (Å²) in [5, 5.41) is 0.906. The predicted octanol–water partition coefficient (Wildman–Crippen LogP) is 5.27. The van der Waals surface area contributed by atoms with Crippen molar-refractivity contribution in [3.63, 3.8) is 0 Å². The van der Waals surface area contributed by atoms with Gasteiger partial charge in [0, 0.05) is 17.3 Å². The van der Waals surface area contributed by atoms with Crippen LogP contribution in [0.15, 0.2) is 54.7 Å². The van der Waals surface area contributed by atoms with E-state index in [1.165, 1.54) is 0 Å². The van der Waals surface area contributed by atoms with Gasteiger partial charge in [0.25, 0.3) is 0 Å². The number of hydrogen-bond acceptors (Lipinski definition) is 2. The first-order valence-electron chi connectivity index (χ1n) is 6.99. The molecule has 0 bridgehead atoms. The molecule has 2 heterocycles. The normalized spacial score (nSPS) is 11.2. The van der Waals surface area contributed by atoms with Gasteiger partial charge in [-0.3, -0.25) is 4.79 Å². The molecule has 0 fully saturated rings. The number of aldehydes is 1. The lowest BCUT2D eigenvalue weighted by Crippen LogP contribution is -1.94. The Morgan fingerprint density at radius 2 is 1.70 bits per heavy atom. The van der Waals surface area contributed by atoms with Crippen LogP contribution in [-0.2, 0) is 0 Å². The highest BCUT2D eigenvalue weighted by atomic mass is 35.5. The van der Waals surface area contributed by atoms with Crippen LogP contribution in [0, 0.1) is 0 Å². The molecule has 0 aliphatic carbocycles. The molecule has 4 rings (SSSR count). The molecule has 3 nitrogen and oxygen atoms in total. The largest absolute Gasteiger partial charge is 0.312 e. The Morgan fingerprint density at radius 3 is 2.43 bits per heavy atom. The first-order chi connectivity index (χ1) is 11.2. The molecular weight excluding hydrogens is 331 g/mol. The summed E-state index contributed by atoms with van der Waals surface area (Å²) in [6.07, 6.45) is 2.61. The van der Waals surface area contributed by atoms with Crippen LogP contribution in [0.2, 0.25) is 10.0 Å². The van der Waals surface area contributed by atoms with Crippen LogP contribution in [0.5, 0.6) is 0 Å². The molecule has 112 valence electrons. The molecule has 23 heavy (non-hydrogen) atoms. The first kappa shape index (κ1) is 14.2. The first-order valence-corrected chi connectivity index (χ1v) is 7.74. The summed E-state index contributed by atoms with van der Waals surface area (Å²) in [5.74, 6) is 0. The van der Waals surface area contributed by atoms with E-state index in [1.807, 2.05) is 40.8 Å². The molecule has 0 saturated heterocycles. The van der Waals surface area contributed by atoms with Crippen LogP contribution in [0.25, 0.3) is 27.8 Å². The van der Waals surface area contributed by atoms with E-state index in [2.05, 4.69) is 0 Å². The number of fused-ring (bicyclic) bond motifs is 3. The summed E-state index contributed by atoms with van der Waals surface area (Å²) >= 11 is 12.3. The third-order valence-electron chi connectivity index (χ3n) is 3.78. The Bertz CT molecular complexity index is 1060. The summed E-state index contributed by atoms with van der Waals surface area (Å²) in [7, 11) is 0. The van der Waals surface area contributed by atoms with Gasteiger partial charge in [-0.15, -0.1) is 0 Å². The highest BCUT2D eigenvalue weighted by Gasteiger charge is 2.13. The fourth-order valence-corrected chi connectivity index (χ4v) is 3.04. The molecule has 2 aromatic heterocycles. The van der Waals surface area contributed by atoms with Crippen molar-refractivity contribution in [3.05, 3.63) is 70.3 Å². The van der Waals surface area contributed by atoms with Gasteiger partial charge >= 0.3 is 0 Å². The van der Waals surface area contributed by atoms with Crippen LogP contribution in [0.3, 0.4) is 0 Å². The Morgan fingerprint density at radius 1 is 0.957 bits per heavy atom. The number of carbonyl (C=O) groups excluding carboxylic acids is 1. The molecular formula is C18H10Cl2N2O. The lowest BCUT2D eigenvalue weighted by Gasteiger charge is -2.09. The van der Waals surface area contributed by atoms with Gasteiger partial charge < -0.3 is 4.40 Å². The van der Waals surface area contributed by atoms with Crippen molar-refractivity contribution >= 4 is 46.0 Å². The molecule has 0 aliphatic rings. The smallest absolute Gasteiger partial charge is 0.151 e. The molecule has 0 radical (unpaired) electrons. The van der Waals surface area contributed by atoms with E-state index in [-0.39, 0.29) is 0 Å². The van der Waals surface area contributed by atoms with E-state index in [9.17, 15) is 4.79 Å². The Balaban J connectivity index is 2.18. The summed E-state index contributed by atoms with van der Waals surface area (Å²) in [4.78, 5) is 15.9. The molecule has 0 aliphatic heterocycles. The standard InChI is InChI=1S/C18H10Cl2N2O/c19-13-7-15-16(8-14(13)20)22-9-11(10-23)6-17(22)18(21-15)12-4-2-1-3-5-12/h1-10H. The molecule has 0 atom stereocenters. The van der Waals surface area contributed by atoms with Gasteiger partial charge in [0.2, 0.25) is 0 Å². The lowest BCUT2D eigenvalue weighted by molar-refractivity contribution is 0.112. The highest BCUT2D eigenvalue weighted by molar-refractivity contribution is 6.42. The maximum atomic E-state index is 11.2. The zero-order valence-corrected chi connectivity index (χ0v) is 13.3. The van der Waals surface area contributed by atoms with E-state index in [0.29, 0.717) is 15.6 Å². The molecule has 0 spiro atoms. The van der Waals surface area contributed by atoms with Crippen LogP contribution < -0.4 is 0 Å². The number of nitrogens with zero attached hydrogens (tertiary/aromatic N) is 2. The fourth-order valence-electron chi connectivity index (χ4n) is 2.72. The summed E-state index contributed by atoms with van der Waals surface area (Å²) in [6.45, 7) is 0. The minimum Gasteiger partial charge on any atom is -0.312 e. The third kappa shape index (κ3) is 2.29. The number of halogens is 2. The van der Waals surface area contributed by atoms with Crippen molar-refractivity contribution in [2.45, 2.75) is 0 Å². The van der Waals surface area contributed by atoms with E-state index in [4.69, 9.17) is 28.2 Å². The van der Waals surface area contributed by atoms with E-state index >= 15 is 0 Å². The molecule has 0 unspecified atom stereocenters. The SMILES string of the molecule is O=Cc1cc2c(-c3ccccc3)nc3cc(Cl)c(Cl)cc3n2c1. The van der Waals surface area contributed by atoms with Crippen LogP contribution in [0.4, 0.5) is 0 Å². The predicted molar refractivity (Wildman–Crippen MR) is 93.5 cm³/mol. The number of hydrogen-bond donors (Lipinski definition) is 0. The van der Waals surface area contributed by atoms with Gasteiger partial charge in [0.15, 0.2) is 6.29 Å². The Kier molecular flexibility index (Phi) is 3.33. The topological polar surface area (TPSA) is 34.4 Å². The Hall–Kier alpha value is -2.36. The Labute approximate surface area is 142 Å². The summed E-state index contributed by atoms with van der Waals surface area (Å²) < 4.78 is 1.93. The molecule has 2 aromatic carbocycles. The zero-order chi connectivity index (χ0) is 16.0. The lowest BCUT2D eigenvalue weighted by atomic mass is 10.1. The van der Waals surface area contributed by atoms with Gasteiger partial charge in [0.05, 0.1) is 32.3 Å². The zero-order valence-electron chi connectivity index (χ0n) is 11.8. The number of aromatic nitrogens is 2. The van der Waals surface area contributed by atoms with Crippen LogP contribution in [0.1, 0.15) is 10.4 Å².